The van der Waals surface area contributed by atoms with E-state index in [0.717, 1.165) is 71.2 Å². The van der Waals surface area contributed by atoms with Crippen molar-refractivity contribution < 1.29 is 8.78 Å². The van der Waals surface area contributed by atoms with Gasteiger partial charge in [0, 0.05) is 60.3 Å². The number of aromatic nitrogens is 2. The zero-order chi connectivity index (χ0) is 22.4. The van der Waals surface area contributed by atoms with Crippen LogP contribution in [0.2, 0.25) is 0 Å². The maximum absolute atomic E-state index is 14.2. The minimum absolute atomic E-state index is 0. The number of benzene rings is 3. The van der Waals surface area contributed by atoms with Crippen LogP contribution >= 0.6 is 12.4 Å². The van der Waals surface area contributed by atoms with Crippen LogP contribution in [0.4, 0.5) is 8.78 Å². The lowest BCUT2D eigenvalue weighted by Gasteiger charge is -2.28. The van der Waals surface area contributed by atoms with E-state index in [1.807, 2.05) is 24.3 Å². The normalized spacial score (nSPS) is 13.7. The number of hydrogen-bond donors (Lipinski definition) is 0. The average Bonchev–Trinajstić information content (AvgIpc) is 3.16. The number of hydrogen-bond acceptors (Lipinski definition) is 2. The largest absolute Gasteiger partial charge is 0.313 e. The standard InChI is InChI=1S/C28H23F2N3.ClH/c29-20-6-10-23(11-7-20)33-27-12-8-21(30)17-24(27)25-18-32(16-14-28(25)33)15-13-22-9-5-19-3-1-2-4-26(19)31-22;/h1-12,17H,13-16,18H2;1H. The summed E-state index contributed by atoms with van der Waals surface area (Å²) < 4.78 is 29.9. The van der Waals surface area contributed by atoms with Crippen LogP contribution < -0.4 is 0 Å². The molecule has 0 fully saturated rings. The maximum atomic E-state index is 14.2. The van der Waals surface area contributed by atoms with Crippen LogP contribution in [-0.2, 0) is 19.4 Å². The highest BCUT2D eigenvalue weighted by Gasteiger charge is 2.25. The molecule has 0 bridgehead atoms. The first-order valence-electron chi connectivity index (χ1n) is 11.3. The molecule has 0 spiro atoms. The van der Waals surface area contributed by atoms with Crippen molar-refractivity contribution in [2.75, 3.05) is 13.1 Å². The van der Waals surface area contributed by atoms with E-state index < -0.39 is 0 Å². The molecule has 2 aromatic heterocycles. The van der Waals surface area contributed by atoms with Gasteiger partial charge in [-0.15, -0.1) is 12.4 Å². The summed E-state index contributed by atoms with van der Waals surface area (Å²) in [6, 6.07) is 23.9. The van der Waals surface area contributed by atoms with Crippen LogP contribution in [0, 0.1) is 11.6 Å². The van der Waals surface area contributed by atoms with E-state index in [0.29, 0.717) is 0 Å². The van der Waals surface area contributed by atoms with E-state index in [2.05, 4.69) is 27.7 Å². The molecule has 5 aromatic rings. The summed E-state index contributed by atoms with van der Waals surface area (Å²) in [5.41, 5.74) is 6.32. The topological polar surface area (TPSA) is 21.1 Å². The molecular weight excluding hydrogens is 452 g/mol. The van der Waals surface area contributed by atoms with Crippen molar-refractivity contribution in [3.63, 3.8) is 0 Å². The number of fused-ring (bicyclic) bond motifs is 4. The van der Waals surface area contributed by atoms with Crippen molar-refractivity contribution >= 4 is 34.2 Å². The predicted octanol–water partition coefficient (Wildman–Crippen LogP) is 6.48. The molecule has 0 saturated carbocycles. The molecule has 0 radical (unpaired) electrons. The Hall–Kier alpha value is -3.28. The second-order valence-electron chi connectivity index (χ2n) is 8.67. The molecule has 0 aliphatic carbocycles. The third-order valence-corrected chi connectivity index (χ3v) is 6.61. The molecular formula is C28H24ClF2N3. The third kappa shape index (κ3) is 4.06. The highest BCUT2D eigenvalue weighted by molar-refractivity contribution is 5.87. The van der Waals surface area contributed by atoms with Crippen LogP contribution in [0.3, 0.4) is 0 Å². The molecule has 0 atom stereocenters. The van der Waals surface area contributed by atoms with E-state index in [4.69, 9.17) is 4.98 Å². The Morgan fingerprint density at radius 2 is 1.65 bits per heavy atom. The second-order valence-corrected chi connectivity index (χ2v) is 8.67. The summed E-state index contributed by atoms with van der Waals surface area (Å²) in [6.45, 7) is 2.57. The van der Waals surface area contributed by atoms with Crippen molar-refractivity contribution in [2.24, 2.45) is 0 Å². The number of pyridine rings is 1. The van der Waals surface area contributed by atoms with Gasteiger partial charge in [-0.05, 0) is 60.2 Å². The Morgan fingerprint density at radius 3 is 2.50 bits per heavy atom. The summed E-state index contributed by atoms with van der Waals surface area (Å²) in [5, 5.41) is 2.09. The number of para-hydroxylation sites is 1. The zero-order valence-electron chi connectivity index (χ0n) is 18.5. The summed E-state index contributed by atoms with van der Waals surface area (Å²) in [4.78, 5) is 7.22. The maximum Gasteiger partial charge on any atom is 0.123 e. The first-order chi connectivity index (χ1) is 16.2. The smallest absolute Gasteiger partial charge is 0.123 e. The van der Waals surface area contributed by atoms with Crippen LogP contribution in [-0.4, -0.2) is 27.5 Å². The van der Waals surface area contributed by atoms with Crippen molar-refractivity contribution in [2.45, 2.75) is 19.4 Å². The highest BCUT2D eigenvalue weighted by Crippen LogP contribution is 2.34. The van der Waals surface area contributed by atoms with Gasteiger partial charge in [0.15, 0.2) is 0 Å². The minimum atomic E-state index is -0.261. The van der Waals surface area contributed by atoms with Gasteiger partial charge in [0.1, 0.15) is 11.6 Å². The van der Waals surface area contributed by atoms with Gasteiger partial charge in [0.2, 0.25) is 0 Å². The molecule has 3 aromatic carbocycles. The fraction of sp³-hybridized carbons (Fsp3) is 0.179. The Morgan fingerprint density at radius 1 is 0.853 bits per heavy atom. The second kappa shape index (κ2) is 9.16. The summed E-state index contributed by atoms with van der Waals surface area (Å²) in [7, 11) is 0. The van der Waals surface area contributed by atoms with Gasteiger partial charge in [-0.2, -0.15) is 0 Å². The predicted molar refractivity (Wildman–Crippen MR) is 135 cm³/mol. The van der Waals surface area contributed by atoms with E-state index in [1.165, 1.54) is 23.9 Å². The number of halogens is 3. The number of rotatable bonds is 4. The van der Waals surface area contributed by atoms with Gasteiger partial charge in [-0.1, -0.05) is 24.3 Å². The van der Waals surface area contributed by atoms with Gasteiger partial charge < -0.3 is 4.57 Å². The Labute approximate surface area is 203 Å². The third-order valence-electron chi connectivity index (χ3n) is 6.61. The first-order valence-corrected chi connectivity index (χ1v) is 11.3. The fourth-order valence-corrected chi connectivity index (χ4v) is 4.98. The van der Waals surface area contributed by atoms with E-state index >= 15 is 0 Å². The van der Waals surface area contributed by atoms with Crippen molar-refractivity contribution in [1.82, 2.24) is 14.5 Å². The van der Waals surface area contributed by atoms with Gasteiger partial charge >= 0.3 is 0 Å². The summed E-state index contributed by atoms with van der Waals surface area (Å²) >= 11 is 0. The van der Waals surface area contributed by atoms with Crippen molar-refractivity contribution in [1.29, 1.82) is 0 Å². The molecule has 6 rings (SSSR count). The Kier molecular flexibility index (Phi) is 6.07. The van der Waals surface area contributed by atoms with Crippen LogP contribution in [0.1, 0.15) is 17.0 Å². The molecule has 0 amide bonds. The molecule has 3 heterocycles. The fourth-order valence-electron chi connectivity index (χ4n) is 4.98. The van der Waals surface area contributed by atoms with Gasteiger partial charge in [-0.25, -0.2) is 8.78 Å². The lowest BCUT2D eigenvalue weighted by atomic mass is 10.0. The molecule has 1 aliphatic heterocycles. The molecule has 34 heavy (non-hydrogen) atoms. The molecule has 6 heteroatoms. The lowest BCUT2D eigenvalue weighted by molar-refractivity contribution is 0.256. The molecule has 172 valence electrons. The average molecular weight is 476 g/mol. The summed E-state index contributed by atoms with van der Waals surface area (Å²) in [6.07, 6.45) is 1.72. The molecule has 0 unspecified atom stereocenters. The first kappa shape index (κ1) is 22.5. The highest BCUT2D eigenvalue weighted by atomic mass is 35.5. The van der Waals surface area contributed by atoms with Gasteiger partial charge in [0.05, 0.1) is 11.0 Å². The van der Waals surface area contributed by atoms with Crippen LogP contribution in [0.15, 0.2) is 78.9 Å². The zero-order valence-corrected chi connectivity index (χ0v) is 19.4. The van der Waals surface area contributed by atoms with E-state index in [-0.39, 0.29) is 24.0 Å². The van der Waals surface area contributed by atoms with E-state index in [9.17, 15) is 8.78 Å². The quantitative estimate of drug-likeness (QED) is 0.296. The van der Waals surface area contributed by atoms with Crippen molar-refractivity contribution in [3.05, 3.63) is 107 Å². The molecule has 3 nitrogen and oxygen atoms in total. The lowest BCUT2D eigenvalue weighted by Crippen LogP contribution is -2.32. The molecule has 0 saturated heterocycles. The number of nitrogens with zero attached hydrogens (tertiary/aromatic N) is 3. The Bertz CT molecular complexity index is 1480. The van der Waals surface area contributed by atoms with Crippen LogP contribution in [0.25, 0.3) is 27.5 Å². The molecule has 1 aliphatic rings. The SMILES string of the molecule is Cl.Fc1ccc(-n2c3c(c4cc(F)ccc42)CN(CCc2ccc4ccccc4n2)CC3)cc1. The minimum Gasteiger partial charge on any atom is -0.313 e. The summed E-state index contributed by atoms with van der Waals surface area (Å²) in [5.74, 6) is -0.498. The Balaban J connectivity index is 0.00000241. The monoisotopic (exact) mass is 475 g/mol. The van der Waals surface area contributed by atoms with Crippen LogP contribution in [0.5, 0.6) is 0 Å². The molecule has 0 N–H and O–H groups in total. The van der Waals surface area contributed by atoms with E-state index in [1.54, 1.807) is 18.2 Å². The van der Waals surface area contributed by atoms with Gasteiger partial charge in [0.25, 0.3) is 0 Å². The van der Waals surface area contributed by atoms with Gasteiger partial charge in [-0.3, -0.25) is 9.88 Å². The van der Waals surface area contributed by atoms with Crippen molar-refractivity contribution in [3.8, 4) is 5.69 Å².